The Morgan fingerprint density at radius 2 is 2.04 bits per heavy atom. The molecule has 1 aromatic rings. The lowest BCUT2D eigenvalue weighted by atomic mass is 9.78. The molecule has 3 rings (SSSR count). The van der Waals surface area contributed by atoms with Crippen molar-refractivity contribution in [3.63, 3.8) is 0 Å². The third-order valence-electron chi connectivity index (χ3n) is 4.54. The molecule has 1 atom stereocenters. The van der Waals surface area contributed by atoms with Crippen LogP contribution in [0.1, 0.15) is 22.3 Å². The maximum atomic E-state index is 11.9. The molecule has 2 aliphatic rings. The first-order valence-electron chi connectivity index (χ1n) is 8.43. The zero-order valence-corrected chi connectivity index (χ0v) is 14.3. The molecule has 1 aromatic carbocycles. The molecule has 144 valence electrons. The number of hydrogen-bond donors (Lipinski definition) is 4. The van der Waals surface area contributed by atoms with E-state index in [1.165, 1.54) is 11.0 Å². The predicted octanol–water partition coefficient (Wildman–Crippen LogP) is -0.808. The zero-order chi connectivity index (χ0) is 19.7. The highest BCUT2D eigenvalue weighted by Gasteiger charge is 2.36. The van der Waals surface area contributed by atoms with Gasteiger partial charge in [-0.3, -0.25) is 9.59 Å². The Hall–Kier alpha value is -2.79. The molecule has 0 saturated carbocycles. The summed E-state index contributed by atoms with van der Waals surface area (Å²) in [7, 11) is -1.07. The van der Waals surface area contributed by atoms with Crippen molar-refractivity contribution in [3.05, 3.63) is 23.3 Å². The van der Waals surface area contributed by atoms with Crippen LogP contribution in [0.3, 0.4) is 0 Å². The van der Waals surface area contributed by atoms with Crippen molar-refractivity contribution in [2.75, 3.05) is 13.1 Å². The van der Waals surface area contributed by atoms with E-state index in [1.54, 1.807) is 6.07 Å². The van der Waals surface area contributed by atoms with Crippen LogP contribution in [0.2, 0.25) is 6.32 Å². The van der Waals surface area contributed by atoms with Gasteiger partial charge < -0.3 is 35.3 Å². The van der Waals surface area contributed by atoms with Crippen LogP contribution in [-0.4, -0.2) is 70.3 Å². The zero-order valence-electron chi connectivity index (χ0n) is 14.3. The molecule has 5 N–H and O–H groups in total. The lowest BCUT2D eigenvalue weighted by Gasteiger charge is -2.39. The van der Waals surface area contributed by atoms with Crippen LogP contribution >= 0.6 is 0 Å². The number of benzene rings is 1. The minimum atomic E-state index is -1.26. The molecule has 2 aliphatic heterocycles. The molecule has 1 fully saturated rings. The summed E-state index contributed by atoms with van der Waals surface area (Å²) in [5.41, 5.74) is 5.86. The number of aryl methyl sites for hydroxylation is 1. The number of carbonyl (C=O) groups is 3. The molecule has 2 heterocycles. The number of carboxylic acid groups (broad SMARTS) is 2. The third kappa shape index (κ3) is 3.98. The van der Waals surface area contributed by atoms with Gasteiger partial charge in [0.1, 0.15) is 29.2 Å². The number of nitrogens with zero attached hydrogens (tertiary/aromatic N) is 1. The normalized spacial score (nSPS) is 17.4. The number of ether oxygens (including phenoxy) is 1. The SMILES string of the molecule is N[C@@H](CC(=O)N1CC(Oc2ccc3c(c2C(=O)O)OB(O)CC3)C1)C(=O)O. The van der Waals surface area contributed by atoms with Crippen LogP contribution in [0, 0.1) is 0 Å². The van der Waals surface area contributed by atoms with Crippen molar-refractivity contribution in [2.24, 2.45) is 5.73 Å². The van der Waals surface area contributed by atoms with Gasteiger partial charge in [-0.15, -0.1) is 0 Å². The van der Waals surface area contributed by atoms with E-state index >= 15 is 0 Å². The van der Waals surface area contributed by atoms with Gasteiger partial charge in [0, 0.05) is 0 Å². The number of amides is 1. The summed E-state index contributed by atoms with van der Waals surface area (Å²) in [6.07, 6.45) is 0.129. The summed E-state index contributed by atoms with van der Waals surface area (Å²) >= 11 is 0. The van der Waals surface area contributed by atoms with Gasteiger partial charge in [-0.1, -0.05) is 6.07 Å². The maximum Gasteiger partial charge on any atom is 0.522 e. The first-order chi connectivity index (χ1) is 12.8. The van der Waals surface area contributed by atoms with E-state index in [9.17, 15) is 24.5 Å². The molecule has 0 bridgehead atoms. The lowest BCUT2D eigenvalue weighted by molar-refractivity contribution is -0.146. The van der Waals surface area contributed by atoms with Crippen LogP contribution < -0.4 is 15.1 Å². The molecule has 0 aromatic heterocycles. The van der Waals surface area contributed by atoms with E-state index in [2.05, 4.69) is 0 Å². The lowest BCUT2D eigenvalue weighted by Crippen LogP contribution is -2.57. The van der Waals surface area contributed by atoms with Gasteiger partial charge in [0.15, 0.2) is 0 Å². The first-order valence-corrected chi connectivity index (χ1v) is 8.43. The molecule has 1 amide bonds. The van der Waals surface area contributed by atoms with Crippen LogP contribution in [0.25, 0.3) is 0 Å². The number of carboxylic acids is 2. The van der Waals surface area contributed by atoms with Crippen LogP contribution in [0.4, 0.5) is 0 Å². The molecular formula is C16H19BN2O8. The predicted molar refractivity (Wildman–Crippen MR) is 91.7 cm³/mol. The quantitative estimate of drug-likeness (QED) is 0.464. The Kier molecular flexibility index (Phi) is 5.24. The monoisotopic (exact) mass is 378 g/mol. The maximum absolute atomic E-state index is 11.9. The number of aliphatic carboxylic acids is 1. The summed E-state index contributed by atoms with van der Waals surface area (Å²) in [6.45, 7) is 0.398. The fourth-order valence-electron chi connectivity index (χ4n) is 3.01. The second kappa shape index (κ2) is 7.45. The number of aromatic carboxylic acids is 1. The minimum Gasteiger partial charge on any atom is -0.535 e. The van der Waals surface area contributed by atoms with E-state index in [0.29, 0.717) is 18.3 Å². The van der Waals surface area contributed by atoms with Gasteiger partial charge in [-0.05, 0) is 24.4 Å². The van der Waals surface area contributed by atoms with Gasteiger partial charge in [-0.2, -0.15) is 0 Å². The number of rotatable bonds is 6. The molecule has 0 spiro atoms. The van der Waals surface area contributed by atoms with E-state index in [1.807, 2.05) is 0 Å². The van der Waals surface area contributed by atoms with Crippen molar-refractivity contribution in [1.82, 2.24) is 4.90 Å². The van der Waals surface area contributed by atoms with Gasteiger partial charge in [0.25, 0.3) is 0 Å². The number of hydrogen-bond acceptors (Lipinski definition) is 7. The van der Waals surface area contributed by atoms with Crippen LogP contribution in [-0.2, 0) is 16.0 Å². The molecule has 27 heavy (non-hydrogen) atoms. The van der Waals surface area contributed by atoms with Gasteiger partial charge in [0.05, 0.1) is 19.5 Å². The van der Waals surface area contributed by atoms with E-state index in [0.717, 1.165) is 0 Å². The summed E-state index contributed by atoms with van der Waals surface area (Å²) in [6, 6.07) is 1.96. The Morgan fingerprint density at radius 3 is 2.67 bits per heavy atom. The fraction of sp³-hybridized carbons (Fsp3) is 0.438. The number of nitrogens with two attached hydrogens (primary N) is 1. The number of fused-ring (bicyclic) bond motifs is 1. The van der Waals surface area contributed by atoms with Crippen LogP contribution in [0.15, 0.2) is 12.1 Å². The fourth-order valence-corrected chi connectivity index (χ4v) is 3.01. The van der Waals surface area contributed by atoms with Crippen molar-refractivity contribution in [1.29, 1.82) is 0 Å². The largest absolute Gasteiger partial charge is 0.535 e. The van der Waals surface area contributed by atoms with Gasteiger partial charge in [-0.25, -0.2) is 4.79 Å². The Bertz CT molecular complexity index is 780. The molecular weight excluding hydrogens is 359 g/mol. The number of carbonyl (C=O) groups excluding carboxylic acids is 1. The second-order valence-corrected chi connectivity index (χ2v) is 6.53. The Morgan fingerprint density at radius 1 is 1.33 bits per heavy atom. The third-order valence-corrected chi connectivity index (χ3v) is 4.54. The Balaban J connectivity index is 1.66. The van der Waals surface area contributed by atoms with Gasteiger partial charge in [0.2, 0.25) is 5.91 Å². The second-order valence-electron chi connectivity index (χ2n) is 6.53. The highest BCUT2D eigenvalue weighted by molar-refractivity contribution is 6.44. The summed E-state index contributed by atoms with van der Waals surface area (Å²) in [5, 5.41) is 27.9. The van der Waals surface area contributed by atoms with Crippen molar-refractivity contribution in [2.45, 2.75) is 31.3 Å². The average molecular weight is 378 g/mol. The van der Waals surface area contributed by atoms with Crippen molar-refractivity contribution >= 4 is 25.0 Å². The summed E-state index contributed by atoms with van der Waals surface area (Å²) < 4.78 is 11.0. The molecule has 0 aliphatic carbocycles. The van der Waals surface area contributed by atoms with Crippen molar-refractivity contribution < 1.29 is 39.0 Å². The standard InChI is InChI=1S/C16H19BN2O8/c18-10(15(21)22)5-12(20)19-6-9(7-19)26-11-2-1-8-3-4-17(25)27-14(8)13(11)16(23)24/h1-2,9-10,25H,3-7,18H2,(H,21,22)(H,23,24)/t10-/m0/s1. The molecule has 11 heteroatoms. The topological polar surface area (TPSA) is 160 Å². The summed E-state index contributed by atoms with van der Waals surface area (Å²) in [5.74, 6) is -2.71. The molecule has 0 radical (unpaired) electrons. The van der Waals surface area contributed by atoms with Gasteiger partial charge >= 0.3 is 19.1 Å². The van der Waals surface area contributed by atoms with Crippen LogP contribution in [0.5, 0.6) is 11.5 Å². The molecule has 10 nitrogen and oxygen atoms in total. The van der Waals surface area contributed by atoms with E-state index in [-0.39, 0.29) is 36.6 Å². The molecule has 1 saturated heterocycles. The minimum absolute atomic E-state index is 0.0923. The van der Waals surface area contributed by atoms with E-state index in [4.69, 9.17) is 20.2 Å². The Labute approximate surface area is 154 Å². The highest BCUT2D eigenvalue weighted by atomic mass is 16.5. The first kappa shape index (κ1) is 19.0. The average Bonchev–Trinajstić information content (AvgIpc) is 2.56. The summed E-state index contributed by atoms with van der Waals surface area (Å²) in [4.78, 5) is 35.7. The number of likely N-dealkylation sites (tertiary alicyclic amines) is 1. The smallest absolute Gasteiger partial charge is 0.522 e. The highest BCUT2D eigenvalue weighted by Crippen LogP contribution is 2.37. The molecule has 0 unspecified atom stereocenters. The van der Waals surface area contributed by atoms with E-state index < -0.39 is 37.1 Å². The van der Waals surface area contributed by atoms with Crippen molar-refractivity contribution in [3.8, 4) is 11.5 Å².